The van der Waals surface area contributed by atoms with Crippen LogP contribution in [-0.4, -0.2) is 10.9 Å². The topological polar surface area (TPSA) is 42.0 Å². The molecule has 1 amide bonds. The molecule has 0 aliphatic rings. The van der Waals surface area contributed by atoms with Crippen LogP contribution in [0.3, 0.4) is 0 Å². The normalized spacial score (nSPS) is 11.3. The summed E-state index contributed by atoms with van der Waals surface area (Å²) in [4.78, 5) is 16.1. The summed E-state index contributed by atoms with van der Waals surface area (Å²) in [5.41, 5.74) is -1.21. The zero-order valence-corrected chi connectivity index (χ0v) is 13.5. The lowest BCUT2D eigenvalue weighted by atomic mass is 10.1. The van der Waals surface area contributed by atoms with Gasteiger partial charge in [-0.3, -0.25) is 9.78 Å². The monoisotopic (exact) mass is 378 g/mol. The molecule has 27 heavy (non-hydrogen) atoms. The number of anilines is 1. The molecule has 2 aromatic carbocycles. The molecule has 1 heterocycles. The molecule has 0 aliphatic heterocycles. The number of carbonyl (C=O) groups is 1. The van der Waals surface area contributed by atoms with Crippen molar-refractivity contribution in [3.63, 3.8) is 0 Å². The molecule has 0 spiro atoms. The minimum atomic E-state index is -4.67. The van der Waals surface area contributed by atoms with E-state index < -0.39 is 35.0 Å². The second kappa shape index (κ2) is 7.14. The highest BCUT2D eigenvalue weighted by Crippen LogP contribution is 2.32. The number of pyridine rings is 1. The summed E-state index contributed by atoms with van der Waals surface area (Å²) in [5, 5.41) is 2.08. The van der Waals surface area contributed by atoms with E-state index in [4.69, 9.17) is 0 Å². The van der Waals surface area contributed by atoms with Gasteiger partial charge in [-0.2, -0.15) is 13.2 Å². The van der Waals surface area contributed by atoms with E-state index in [2.05, 4.69) is 10.3 Å². The zero-order chi connectivity index (χ0) is 19.6. The number of halogens is 5. The van der Waals surface area contributed by atoms with E-state index in [0.29, 0.717) is 18.2 Å². The number of aromatic nitrogens is 1. The fourth-order valence-electron chi connectivity index (χ4n) is 2.35. The number of rotatable bonds is 3. The van der Waals surface area contributed by atoms with Crippen molar-refractivity contribution in [3.05, 3.63) is 83.6 Å². The van der Waals surface area contributed by atoms with Crippen molar-refractivity contribution in [2.75, 3.05) is 5.32 Å². The second-order valence-electron chi connectivity index (χ2n) is 5.56. The van der Waals surface area contributed by atoms with Crippen LogP contribution < -0.4 is 5.32 Å². The summed E-state index contributed by atoms with van der Waals surface area (Å²) in [6, 6.07) is 10.3. The summed E-state index contributed by atoms with van der Waals surface area (Å²) in [7, 11) is 0. The first-order chi connectivity index (χ1) is 12.8. The fraction of sp³-hybridized carbons (Fsp3) is 0.0526. The number of nitrogens with zero attached hydrogens (tertiary/aromatic N) is 1. The van der Waals surface area contributed by atoms with Crippen LogP contribution in [0.2, 0.25) is 0 Å². The van der Waals surface area contributed by atoms with Crippen molar-refractivity contribution in [2.24, 2.45) is 0 Å². The van der Waals surface area contributed by atoms with Gasteiger partial charge in [-0.25, -0.2) is 8.78 Å². The average molecular weight is 378 g/mol. The molecule has 0 bridgehead atoms. The Morgan fingerprint density at radius 3 is 2.30 bits per heavy atom. The summed E-state index contributed by atoms with van der Waals surface area (Å²) >= 11 is 0. The average Bonchev–Trinajstić information content (AvgIpc) is 2.63. The molecule has 138 valence electrons. The number of carbonyl (C=O) groups excluding carboxylic acids is 1. The molecule has 0 fully saturated rings. The van der Waals surface area contributed by atoms with Crippen LogP contribution >= 0.6 is 0 Å². The third-order valence-corrected chi connectivity index (χ3v) is 3.72. The quantitative estimate of drug-likeness (QED) is 0.629. The van der Waals surface area contributed by atoms with Gasteiger partial charge in [0, 0.05) is 11.8 Å². The number of nitrogens with one attached hydrogen (secondary N) is 1. The highest BCUT2D eigenvalue weighted by molar-refractivity contribution is 6.04. The maximum Gasteiger partial charge on any atom is 0.416 e. The van der Waals surface area contributed by atoms with E-state index in [1.54, 1.807) is 6.07 Å². The van der Waals surface area contributed by atoms with Gasteiger partial charge < -0.3 is 5.32 Å². The zero-order valence-electron chi connectivity index (χ0n) is 13.5. The van der Waals surface area contributed by atoms with E-state index >= 15 is 0 Å². The highest BCUT2D eigenvalue weighted by atomic mass is 19.4. The van der Waals surface area contributed by atoms with Crippen molar-refractivity contribution in [1.82, 2.24) is 4.98 Å². The molecule has 3 aromatic rings. The first kappa shape index (κ1) is 18.5. The van der Waals surface area contributed by atoms with E-state index in [9.17, 15) is 26.7 Å². The molecule has 8 heteroatoms. The van der Waals surface area contributed by atoms with Gasteiger partial charge in [0.15, 0.2) is 0 Å². The van der Waals surface area contributed by atoms with Gasteiger partial charge in [0.05, 0.1) is 22.5 Å². The van der Waals surface area contributed by atoms with E-state index in [1.807, 2.05) is 0 Å². The van der Waals surface area contributed by atoms with Crippen molar-refractivity contribution in [3.8, 4) is 11.3 Å². The molecule has 3 nitrogen and oxygen atoms in total. The van der Waals surface area contributed by atoms with Crippen LogP contribution in [0.5, 0.6) is 0 Å². The molecule has 0 saturated carbocycles. The Kier molecular flexibility index (Phi) is 4.89. The molecule has 0 saturated heterocycles. The summed E-state index contributed by atoms with van der Waals surface area (Å²) in [5.74, 6) is -2.35. The van der Waals surface area contributed by atoms with Crippen LogP contribution in [0, 0.1) is 11.6 Å². The van der Waals surface area contributed by atoms with Gasteiger partial charge in [-0.1, -0.05) is 12.1 Å². The lowest BCUT2D eigenvalue weighted by Gasteiger charge is -2.11. The second-order valence-corrected chi connectivity index (χ2v) is 5.56. The standard InChI is InChI=1S/C19H11F5N2O/c20-14-4-2-1-3-13(14)16-8-5-11(10-25-16)18(27)26-17-9-12(19(22,23)24)6-7-15(17)21/h1-10H,(H,26,27). The Morgan fingerprint density at radius 2 is 1.67 bits per heavy atom. The van der Waals surface area contributed by atoms with Crippen LogP contribution in [-0.2, 0) is 6.18 Å². The first-order valence-corrected chi connectivity index (χ1v) is 7.65. The molecule has 3 rings (SSSR count). The van der Waals surface area contributed by atoms with Crippen LogP contribution in [0.25, 0.3) is 11.3 Å². The summed E-state index contributed by atoms with van der Waals surface area (Å²) in [6.07, 6.45) is -3.54. The first-order valence-electron chi connectivity index (χ1n) is 7.65. The third-order valence-electron chi connectivity index (χ3n) is 3.72. The van der Waals surface area contributed by atoms with Crippen LogP contribution in [0.15, 0.2) is 60.8 Å². The Morgan fingerprint density at radius 1 is 0.926 bits per heavy atom. The Balaban J connectivity index is 1.82. The highest BCUT2D eigenvalue weighted by Gasteiger charge is 2.31. The number of hydrogen-bond acceptors (Lipinski definition) is 2. The smallest absolute Gasteiger partial charge is 0.319 e. The maximum absolute atomic E-state index is 13.7. The molecule has 1 aromatic heterocycles. The Labute approximate surface area is 150 Å². The van der Waals surface area contributed by atoms with Crippen molar-refractivity contribution < 1.29 is 26.7 Å². The fourth-order valence-corrected chi connectivity index (χ4v) is 2.35. The minimum absolute atomic E-state index is 0.0214. The largest absolute Gasteiger partial charge is 0.416 e. The lowest BCUT2D eigenvalue weighted by Crippen LogP contribution is -2.15. The van der Waals surface area contributed by atoms with Crippen molar-refractivity contribution >= 4 is 11.6 Å². The van der Waals surface area contributed by atoms with Crippen LogP contribution in [0.4, 0.5) is 27.6 Å². The summed E-state index contributed by atoms with van der Waals surface area (Å²) < 4.78 is 65.6. The van der Waals surface area contributed by atoms with E-state index in [0.717, 1.165) is 6.20 Å². The molecule has 0 unspecified atom stereocenters. The van der Waals surface area contributed by atoms with Gasteiger partial charge in [0.1, 0.15) is 11.6 Å². The van der Waals surface area contributed by atoms with Gasteiger partial charge >= 0.3 is 6.18 Å². The molecule has 0 atom stereocenters. The van der Waals surface area contributed by atoms with Crippen molar-refractivity contribution in [1.29, 1.82) is 0 Å². The number of amides is 1. The minimum Gasteiger partial charge on any atom is -0.319 e. The Hall–Kier alpha value is -3.29. The molecular weight excluding hydrogens is 367 g/mol. The van der Waals surface area contributed by atoms with Gasteiger partial charge in [-0.05, 0) is 42.5 Å². The van der Waals surface area contributed by atoms with Crippen molar-refractivity contribution in [2.45, 2.75) is 6.18 Å². The van der Waals surface area contributed by atoms with Crippen LogP contribution in [0.1, 0.15) is 15.9 Å². The van der Waals surface area contributed by atoms with Gasteiger partial charge in [0.2, 0.25) is 0 Å². The maximum atomic E-state index is 13.7. The number of alkyl halides is 3. The van der Waals surface area contributed by atoms with E-state index in [-0.39, 0.29) is 16.8 Å². The Bertz CT molecular complexity index is 984. The third kappa shape index (κ3) is 4.11. The van der Waals surface area contributed by atoms with Gasteiger partial charge in [-0.15, -0.1) is 0 Å². The molecule has 1 N–H and O–H groups in total. The summed E-state index contributed by atoms with van der Waals surface area (Å²) in [6.45, 7) is 0. The molecule has 0 radical (unpaired) electrons. The number of hydrogen-bond donors (Lipinski definition) is 1. The van der Waals surface area contributed by atoms with E-state index in [1.165, 1.54) is 30.3 Å². The molecular formula is C19H11F5N2O. The van der Waals surface area contributed by atoms with Gasteiger partial charge in [0.25, 0.3) is 5.91 Å². The molecule has 0 aliphatic carbocycles. The predicted octanol–water partition coefficient (Wildman–Crippen LogP) is 5.30. The number of benzene rings is 2. The SMILES string of the molecule is O=C(Nc1cc(C(F)(F)F)ccc1F)c1ccc(-c2ccccc2F)nc1. The lowest BCUT2D eigenvalue weighted by molar-refractivity contribution is -0.137. The predicted molar refractivity (Wildman–Crippen MR) is 89.0 cm³/mol.